The Hall–Kier alpha value is -3.60. The molecule has 0 fully saturated rings. The van der Waals surface area contributed by atoms with Gasteiger partial charge in [-0.05, 0) is 61.0 Å². The zero-order valence-electron chi connectivity index (χ0n) is 18.1. The van der Waals surface area contributed by atoms with Crippen LogP contribution in [-0.2, 0) is 24.3 Å². The predicted octanol–water partition coefficient (Wildman–Crippen LogP) is 1.55. The topological polar surface area (TPSA) is 124 Å². The van der Waals surface area contributed by atoms with E-state index in [1.165, 1.54) is 27.4 Å². The molecule has 11 heteroatoms. The van der Waals surface area contributed by atoms with E-state index in [1.807, 2.05) is 0 Å². The van der Waals surface area contributed by atoms with Crippen LogP contribution in [0.15, 0.2) is 53.6 Å². The predicted molar refractivity (Wildman–Crippen MR) is 119 cm³/mol. The number of rotatable bonds is 10. The molecule has 0 aromatic heterocycles. The smallest absolute Gasteiger partial charge is 0.343 e. The molecule has 0 spiro atoms. The summed E-state index contributed by atoms with van der Waals surface area (Å²) in [6, 6.07) is 11.9. The highest BCUT2D eigenvalue weighted by molar-refractivity contribution is 7.92. The van der Waals surface area contributed by atoms with Crippen LogP contribution >= 0.6 is 0 Å². The number of sulfonamides is 1. The average molecular weight is 464 g/mol. The van der Waals surface area contributed by atoms with E-state index in [2.05, 4.69) is 15.3 Å². The maximum absolute atomic E-state index is 12.5. The summed E-state index contributed by atoms with van der Waals surface area (Å²) in [4.78, 5) is 23.6. The first-order valence-corrected chi connectivity index (χ1v) is 11.3. The number of amides is 1. The first-order valence-electron chi connectivity index (χ1n) is 9.41. The van der Waals surface area contributed by atoms with E-state index in [1.54, 1.807) is 48.5 Å². The van der Waals surface area contributed by atoms with Gasteiger partial charge in [-0.3, -0.25) is 9.10 Å². The number of nitrogens with zero attached hydrogens (tertiary/aromatic N) is 2. The van der Waals surface area contributed by atoms with Crippen LogP contribution in [-0.4, -0.2) is 59.6 Å². The van der Waals surface area contributed by atoms with Crippen molar-refractivity contribution in [2.45, 2.75) is 13.0 Å². The molecule has 10 nitrogen and oxygen atoms in total. The molecule has 0 bridgehead atoms. The highest BCUT2D eigenvalue weighted by Crippen LogP contribution is 2.23. The Kier molecular flexibility index (Phi) is 8.59. The first-order chi connectivity index (χ1) is 15.2. The number of carbonyl (C=O) groups is 2. The number of hydrogen-bond donors (Lipinski definition) is 1. The minimum Gasteiger partial charge on any atom is -0.497 e. The zero-order chi connectivity index (χ0) is 23.7. The van der Waals surface area contributed by atoms with Crippen molar-refractivity contribution in [3.63, 3.8) is 0 Å². The van der Waals surface area contributed by atoms with E-state index in [4.69, 9.17) is 9.47 Å². The van der Waals surface area contributed by atoms with Gasteiger partial charge in [0, 0.05) is 0 Å². The molecule has 1 N–H and O–H groups in total. The Balaban J connectivity index is 2.03. The SMILES string of the molecule is COC(=O)COc1ccc(/C=N\NC(=O)[C@@H](C)N(c2ccc(OC)cc2)S(C)(=O)=O)cc1. The van der Waals surface area contributed by atoms with E-state index < -0.39 is 27.9 Å². The van der Waals surface area contributed by atoms with Gasteiger partial charge in [0.05, 0.1) is 32.4 Å². The van der Waals surface area contributed by atoms with Gasteiger partial charge in [-0.2, -0.15) is 5.10 Å². The van der Waals surface area contributed by atoms with Crippen molar-refractivity contribution in [3.05, 3.63) is 54.1 Å². The van der Waals surface area contributed by atoms with Crippen molar-refractivity contribution in [1.82, 2.24) is 5.43 Å². The number of hydrazone groups is 1. The lowest BCUT2D eigenvalue weighted by Crippen LogP contribution is -2.46. The fourth-order valence-corrected chi connectivity index (χ4v) is 3.83. The summed E-state index contributed by atoms with van der Waals surface area (Å²) < 4.78 is 40.4. The van der Waals surface area contributed by atoms with Crippen LogP contribution in [0.1, 0.15) is 12.5 Å². The summed E-state index contributed by atoms with van der Waals surface area (Å²) in [7, 11) is -0.974. The van der Waals surface area contributed by atoms with E-state index in [0.29, 0.717) is 22.7 Å². The van der Waals surface area contributed by atoms with Gasteiger partial charge in [0.25, 0.3) is 5.91 Å². The van der Waals surface area contributed by atoms with E-state index in [-0.39, 0.29) is 6.61 Å². The lowest BCUT2D eigenvalue weighted by molar-refractivity contribution is -0.142. The van der Waals surface area contributed by atoms with Crippen molar-refractivity contribution < 1.29 is 32.2 Å². The molecule has 2 aromatic rings. The van der Waals surface area contributed by atoms with Gasteiger partial charge in [-0.25, -0.2) is 18.6 Å². The first kappa shape index (κ1) is 24.7. The van der Waals surface area contributed by atoms with Crippen molar-refractivity contribution in [2.75, 3.05) is 31.4 Å². The largest absolute Gasteiger partial charge is 0.497 e. The third-order valence-corrected chi connectivity index (χ3v) is 5.51. The van der Waals surface area contributed by atoms with Gasteiger partial charge in [-0.15, -0.1) is 0 Å². The van der Waals surface area contributed by atoms with Crippen LogP contribution in [0, 0.1) is 0 Å². The zero-order valence-corrected chi connectivity index (χ0v) is 19.0. The summed E-state index contributed by atoms with van der Waals surface area (Å²) in [5, 5.41) is 3.88. The van der Waals surface area contributed by atoms with E-state index in [9.17, 15) is 18.0 Å². The molecule has 172 valence electrons. The molecule has 1 atom stereocenters. The normalized spacial score (nSPS) is 12.1. The number of ether oxygens (including phenoxy) is 3. The van der Waals surface area contributed by atoms with Crippen molar-refractivity contribution in [3.8, 4) is 11.5 Å². The number of methoxy groups -OCH3 is 2. The molecule has 0 aliphatic rings. The van der Waals surface area contributed by atoms with Gasteiger partial charge >= 0.3 is 5.97 Å². The van der Waals surface area contributed by atoms with Crippen LogP contribution in [0.2, 0.25) is 0 Å². The number of benzene rings is 2. The average Bonchev–Trinajstić information content (AvgIpc) is 2.77. The summed E-state index contributed by atoms with van der Waals surface area (Å²) in [6.07, 6.45) is 2.42. The molecule has 2 aromatic carbocycles. The molecule has 0 aliphatic carbocycles. The van der Waals surface area contributed by atoms with Crippen molar-refractivity contribution in [1.29, 1.82) is 0 Å². The van der Waals surface area contributed by atoms with Gasteiger partial charge < -0.3 is 14.2 Å². The van der Waals surface area contributed by atoms with Gasteiger partial charge in [0.2, 0.25) is 10.0 Å². The van der Waals surface area contributed by atoms with Gasteiger partial charge in [-0.1, -0.05) is 0 Å². The molecule has 0 saturated heterocycles. The molecule has 0 unspecified atom stereocenters. The van der Waals surface area contributed by atoms with Gasteiger partial charge in [0.15, 0.2) is 6.61 Å². The van der Waals surface area contributed by atoms with Crippen LogP contribution in [0.4, 0.5) is 5.69 Å². The Morgan fingerprint density at radius 2 is 1.66 bits per heavy atom. The summed E-state index contributed by atoms with van der Waals surface area (Å²) in [5.41, 5.74) is 3.32. The van der Waals surface area contributed by atoms with Crippen molar-refractivity contribution >= 4 is 33.8 Å². The highest BCUT2D eigenvalue weighted by atomic mass is 32.2. The van der Waals surface area contributed by atoms with E-state index in [0.717, 1.165) is 10.6 Å². The van der Waals surface area contributed by atoms with Crippen LogP contribution in [0.25, 0.3) is 0 Å². The summed E-state index contributed by atoms with van der Waals surface area (Å²) in [6.45, 7) is 1.26. The van der Waals surface area contributed by atoms with Gasteiger partial charge in [0.1, 0.15) is 17.5 Å². The number of esters is 1. The molecule has 0 heterocycles. The maximum atomic E-state index is 12.5. The second-order valence-corrected chi connectivity index (χ2v) is 8.46. The van der Waals surface area contributed by atoms with Crippen molar-refractivity contribution in [2.24, 2.45) is 5.10 Å². The fourth-order valence-electron chi connectivity index (χ4n) is 2.65. The summed E-state index contributed by atoms with van der Waals surface area (Å²) >= 11 is 0. The fraction of sp³-hybridized carbons (Fsp3) is 0.286. The quantitative estimate of drug-likeness (QED) is 0.322. The lowest BCUT2D eigenvalue weighted by atomic mass is 10.2. The molecule has 2 rings (SSSR count). The van der Waals surface area contributed by atoms with Crippen LogP contribution < -0.4 is 19.2 Å². The Bertz CT molecular complexity index is 1050. The Labute approximate surface area is 186 Å². The maximum Gasteiger partial charge on any atom is 0.343 e. The van der Waals surface area contributed by atoms with Crippen LogP contribution in [0.5, 0.6) is 11.5 Å². The second-order valence-electron chi connectivity index (χ2n) is 6.60. The minimum atomic E-state index is -3.74. The molecule has 0 radical (unpaired) electrons. The third-order valence-electron chi connectivity index (χ3n) is 4.27. The molecule has 32 heavy (non-hydrogen) atoms. The lowest BCUT2D eigenvalue weighted by Gasteiger charge is -2.27. The Morgan fingerprint density at radius 3 is 2.19 bits per heavy atom. The number of hydrogen-bond acceptors (Lipinski definition) is 8. The number of nitrogens with one attached hydrogen (secondary N) is 1. The second kappa shape index (κ2) is 11.1. The highest BCUT2D eigenvalue weighted by Gasteiger charge is 2.29. The molecule has 1 amide bonds. The monoisotopic (exact) mass is 463 g/mol. The third kappa shape index (κ3) is 6.98. The van der Waals surface area contributed by atoms with E-state index >= 15 is 0 Å². The minimum absolute atomic E-state index is 0.205. The molecule has 0 aliphatic heterocycles. The van der Waals surface area contributed by atoms with Crippen LogP contribution in [0.3, 0.4) is 0 Å². The molecular weight excluding hydrogens is 438 g/mol. The number of anilines is 1. The Morgan fingerprint density at radius 1 is 1.06 bits per heavy atom. The number of carbonyl (C=O) groups excluding carboxylic acids is 2. The standard InChI is InChI=1S/C21H25N3O7S/c1-15(24(32(4,27)28)17-7-11-18(29-2)12-8-17)21(26)23-22-13-16-5-9-19(10-6-16)31-14-20(25)30-3/h5-13,15H,14H2,1-4H3,(H,23,26)/b22-13-/t15-/m1/s1. The summed E-state index contributed by atoms with van der Waals surface area (Å²) in [5.74, 6) is -0.0788. The molecule has 0 saturated carbocycles. The molecular formula is C21H25N3O7S.